The van der Waals surface area contributed by atoms with Gasteiger partial charge in [-0.3, -0.25) is 4.79 Å². The molecule has 7 rings (SSSR count). The Morgan fingerprint density at radius 3 is 1.98 bits per heavy atom. The topological polar surface area (TPSA) is 119 Å². The van der Waals surface area contributed by atoms with Crippen molar-refractivity contribution < 1.29 is 24.2 Å². The molecule has 2 aromatic heterocycles. The lowest BCUT2D eigenvalue weighted by Gasteiger charge is -2.37. The monoisotopic (exact) mass is 653 g/mol. The van der Waals surface area contributed by atoms with Crippen molar-refractivity contribution in [2.45, 2.75) is 17.6 Å². The summed E-state index contributed by atoms with van der Waals surface area (Å²) in [6, 6.07) is 40.3. The third-order valence-electron chi connectivity index (χ3n) is 9.35. The second-order valence-corrected chi connectivity index (χ2v) is 12.0. The van der Waals surface area contributed by atoms with Gasteiger partial charge in [0.2, 0.25) is 5.88 Å². The van der Waals surface area contributed by atoms with Crippen molar-refractivity contribution in [1.82, 2.24) is 19.7 Å². The Morgan fingerprint density at radius 2 is 1.45 bits per heavy atom. The van der Waals surface area contributed by atoms with E-state index in [-0.39, 0.29) is 19.5 Å². The van der Waals surface area contributed by atoms with E-state index in [1.165, 1.54) is 12.0 Å². The Balaban J connectivity index is 1.47. The number of nitrogens with zero attached hydrogens (tertiary/aromatic N) is 4. The smallest absolute Gasteiger partial charge is 0.407 e. The van der Waals surface area contributed by atoms with Gasteiger partial charge < -0.3 is 24.8 Å². The average Bonchev–Trinajstić information content (AvgIpc) is 3.77. The highest BCUT2D eigenvalue weighted by Gasteiger charge is 2.47. The molecular formula is C39H35N5O5. The molecule has 1 saturated heterocycles. The number of carbonyl (C=O) groups excluding carboxylic acids is 1. The fourth-order valence-electron chi connectivity index (χ4n) is 6.87. The van der Waals surface area contributed by atoms with Crippen LogP contribution in [0.15, 0.2) is 128 Å². The summed E-state index contributed by atoms with van der Waals surface area (Å²) in [6.07, 6.45) is 0.842. The molecule has 1 atom stereocenters. The molecule has 0 aliphatic carbocycles. The minimum atomic E-state index is -1.30. The fraction of sp³-hybridized carbons (Fsp3) is 0.179. The van der Waals surface area contributed by atoms with Gasteiger partial charge >= 0.3 is 6.09 Å². The molecule has 10 nitrogen and oxygen atoms in total. The molecule has 3 heterocycles. The molecule has 1 aliphatic rings. The van der Waals surface area contributed by atoms with E-state index in [0.717, 1.165) is 33.2 Å². The summed E-state index contributed by atoms with van der Waals surface area (Å²) in [5, 5.41) is 18.8. The van der Waals surface area contributed by atoms with Crippen LogP contribution < -0.4 is 10.1 Å². The van der Waals surface area contributed by atoms with Gasteiger partial charge in [-0.2, -0.15) is 5.10 Å². The molecule has 2 amide bonds. The number of aromatic nitrogens is 3. The fourth-order valence-corrected chi connectivity index (χ4v) is 6.87. The van der Waals surface area contributed by atoms with Crippen LogP contribution in [0.2, 0.25) is 0 Å². The molecule has 0 saturated carbocycles. The van der Waals surface area contributed by atoms with Crippen LogP contribution in [-0.4, -0.2) is 69.7 Å². The van der Waals surface area contributed by atoms with Gasteiger partial charge in [0.25, 0.3) is 5.91 Å². The summed E-state index contributed by atoms with van der Waals surface area (Å²) in [5.41, 5.74) is 3.63. The maximum Gasteiger partial charge on any atom is 0.407 e. The van der Waals surface area contributed by atoms with E-state index < -0.39 is 23.1 Å². The molecule has 1 aliphatic heterocycles. The first kappa shape index (κ1) is 31.6. The largest absolute Gasteiger partial charge is 0.481 e. The van der Waals surface area contributed by atoms with Gasteiger partial charge in [0.1, 0.15) is 11.2 Å². The highest BCUT2D eigenvalue weighted by Crippen LogP contribution is 2.44. The number of rotatable bonds is 9. The number of ether oxygens (including phenoxy) is 2. The van der Waals surface area contributed by atoms with E-state index >= 15 is 0 Å². The van der Waals surface area contributed by atoms with E-state index in [1.54, 1.807) is 13.3 Å². The van der Waals surface area contributed by atoms with E-state index in [9.17, 15) is 14.7 Å². The Labute approximate surface area is 283 Å². The van der Waals surface area contributed by atoms with Crippen LogP contribution in [0.5, 0.6) is 5.88 Å². The predicted molar refractivity (Wildman–Crippen MR) is 187 cm³/mol. The Hall–Kier alpha value is -6.00. The molecule has 4 aromatic carbocycles. The molecule has 1 fully saturated rings. The number of hydrogen-bond acceptors (Lipinski definition) is 6. The number of carbonyl (C=O) groups is 2. The highest BCUT2D eigenvalue weighted by molar-refractivity contribution is 6.02. The van der Waals surface area contributed by atoms with Gasteiger partial charge in [-0.15, -0.1) is 0 Å². The van der Waals surface area contributed by atoms with E-state index in [1.807, 2.05) is 84.9 Å². The Kier molecular flexibility index (Phi) is 8.31. The van der Waals surface area contributed by atoms with Gasteiger partial charge in [0.15, 0.2) is 5.60 Å². The third-order valence-corrected chi connectivity index (χ3v) is 9.35. The van der Waals surface area contributed by atoms with Crippen molar-refractivity contribution >= 4 is 28.6 Å². The maximum absolute atomic E-state index is 13.7. The average molecular weight is 654 g/mol. The number of pyridine rings is 1. The number of anilines is 1. The van der Waals surface area contributed by atoms with Crippen molar-refractivity contribution in [3.63, 3.8) is 0 Å². The SMILES string of the molecule is COc1cc(-c2nn(C(c3ccccc3)(c3ccccc3)c3ccccc3)c3ccc(NC(=O)C4(OC)CCN(C(=O)O)C4)cc23)ccn1. The first-order valence-electron chi connectivity index (χ1n) is 15.9. The van der Waals surface area contributed by atoms with Crippen molar-refractivity contribution in [3.8, 4) is 17.1 Å². The van der Waals surface area contributed by atoms with Crippen LogP contribution in [0.1, 0.15) is 23.1 Å². The van der Waals surface area contributed by atoms with E-state index in [4.69, 9.17) is 14.6 Å². The van der Waals surface area contributed by atoms with Gasteiger partial charge in [0.05, 0.1) is 19.2 Å². The van der Waals surface area contributed by atoms with Crippen LogP contribution in [0.3, 0.4) is 0 Å². The lowest BCUT2D eigenvalue weighted by Crippen LogP contribution is -2.47. The molecule has 6 aromatic rings. The lowest BCUT2D eigenvalue weighted by molar-refractivity contribution is -0.136. The predicted octanol–water partition coefficient (Wildman–Crippen LogP) is 6.65. The standard InChI is InChI=1S/C39H35N5O5/c1-48-34-24-27(20-22-40-34)35-32-25-31(41-36(45)38(49-2)21-23-43(26-38)37(46)47)18-19-33(32)44(42-35)39(28-12-6-3-7-13-28,29-14-8-4-9-15-29)30-16-10-5-11-17-30/h3-20,22,24-25H,21,23,26H2,1-2H3,(H,41,45)(H,46,47). The zero-order valence-electron chi connectivity index (χ0n) is 27.1. The highest BCUT2D eigenvalue weighted by atomic mass is 16.5. The second kappa shape index (κ2) is 12.9. The number of fused-ring (bicyclic) bond motifs is 1. The van der Waals surface area contributed by atoms with Crippen LogP contribution in [0.4, 0.5) is 10.5 Å². The van der Waals surface area contributed by atoms with Gasteiger partial charge in [0, 0.05) is 49.0 Å². The van der Waals surface area contributed by atoms with Gasteiger partial charge in [-0.1, -0.05) is 91.0 Å². The number of hydrogen-bond donors (Lipinski definition) is 2. The minimum absolute atomic E-state index is 0.0549. The van der Waals surface area contributed by atoms with Crippen molar-refractivity contribution in [2.75, 3.05) is 32.6 Å². The summed E-state index contributed by atoms with van der Waals surface area (Å²) in [7, 11) is 3.01. The van der Waals surface area contributed by atoms with Gasteiger partial charge in [-0.05, 0) is 41.0 Å². The molecule has 2 N–H and O–H groups in total. The molecule has 0 spiro atoms. The van der Waals surface area contributed by atoms with Crippen molar-refractivity contribution in [3.05, 3.63) is 144 Å². The van der Waals surface area contributed by atoms with Gasteiger partial charge in [-0.25, -0.2) is 14.5 Å². The summed E-state index contributed by atoms with van der Waals surface area (Å²) < 4.78 is 13.2. The number of methoxy groups -OCH3 is 2. The second-order valence-electron chi connectivity index (χ2n) is 12.0. The number of amides is 2. The van der Waals surface area contributed by atoms with Crippen molar-refractivity contribution in [2.24, 2.45) is 0 Å². The molecule has 0 radical (unpaired) electrons. The van der Waals surface area contributed by atoms with E-state index in [2.05, 4.69) is 51.4 Å². The zero-order valence-corrected chi connectivity index (χ0v) is 27.1. The third kappa shape index (κ3) is 5.45. The maximum atomic E-state index is 13.7. The molecular weight excluding hydrogens is 618 g/mol. The van der Waals surface area contributed by atoms with Crippen LogP contribution in [-0.2, 0) is 15.1 Å². The van der Waals surface area contributed by atoms with Crippen LogP contribution in [0, 0.1) is 0 Å². The molecule has 0 bridgehead atoms. The Bertz CT molecular complexity index is 2020. The normalized spacial score (nSPS) is 16.1. The molecule has 1 unspecified atom stereocenters. The Morgan fingerprint density at radius 1 is 0.837 bits per heavy atom. The van der Waals surface area contributed by atoms with Crippen LogP contribution in [0.25, 0.3) is 22.2 Å². The minimum Gasteiger partial charge on any atom is -0.481 e. The summed E-state index contributed by atoms with van der Waals surface area (Å²) in [6.45, 7) is 0.150. The number of benzene rings is 4. The molecule has 49 heavy (non-hydrogen) atoms. The number of carboxylic acid groups (broad SMARTS) is 1. The zero-order chi connectivity index (χ0) is 34.0. The van der Waals surface area contributed by atoms with Crippen molar-refractivity contribution in [1.29, 1.82) is 0 Å². The van der Waals surface area contributed by atoms with E-state index in [0.29, 0.717) is 17.3 Å². The summed E-state index contributed by atoms with van der Waals surface area (Å²) in [4.78, 5) is 30.9. The number of nitrogens with one attached hydrogen (secondary N) is 1. The summed E-state index contributed by atoms with van der Waals surface area (Å²) >= 11 is 0. The first-order chi connectivity index (χ1) is 23.9. The lowest BCUT2D eigenvalue weighted by atomic mass is 9.77. The van der Waals surface area contributed by atoms with Crippen LogP contribution >= 0.6 is 0 Å². The summed E-state index contributed by atoms with van der Waals surface area (Å²) in [5.74, 6) is 0.0289. The quantitative estimate of drug-likeness (QED) is 0.168. The number of likely N-dealkylation sites (tertiary alicyclic amines) is 1. The molecule has 10 heteroatoms. The first-order valence-corrected chi connectivity index (χ1v) is 15.9. The molecule has 246 valence electrons.